The van der Waals surface area contributed by atoms with Gasteiger partial charge in [0.2, 0.25) is 5.91 Å². The first-order chi connectivity index (χ1) is 11.5. The normalized spacial score (nSPS) is 12.0. The first-order valence-electron chi connectivity index (χ1n) is 7.42. The number of rotatable bonds is 7. The Labute approximate surface area is 154 Å². The standard InChI is InChI=1S/C16H18N4OS3/c1-10(2)9-22-15-19-20-16(24-15)23-11(3)14(21)18-13-6-4-12(8-17)5-7-13/h4-7,10-11H,9H2,1-3H3,(H,18,21)/t11-/m0/s1. The fraction of sp³-hybridized carbons (Fsp3) is 0.375. The third kappa shape index (κ3) is 5.82. The zero-order chi connectivity index (χ0) is 17.5. The van der Waals surface area contributed by atoms with Crippen LogP contribution in [0.5, 0.6) is 0 Å². The maximum atomic E-state index is 12.2. The van der Waals surface area contributed by atoms with E-state index >= 15 is 0 Å². The average Bonchev–Trinajstić information content (AvgIpc) is 3.01. The molecule has 0 saturated heterocycles. The number of anilines is 1. The highest BCUT2D eigenvalue weighted by Crippen LogP contribution is 2.32. The molecule has 1 heterocycles. The predicted octanol–water partition coefficient (Wildman–Crippen LogP) is 4.28. The molecule has 1 aromatic carbocycles. The van der Waals surface area contributed by atoms with Gasteiger partial charge in [0.15, 0.2) is 8.68 Å². The second kappa shape index (κ2) is 9.06. The molecule has 0 radical (unpaired) electrons. The van der Waals surface area contributed by atoms with Crippen LogP contribution in [0.3, 0.4) is 0 Å². The first kappa shape index (κ1) is 18.8. The molecule has 0 fully saturated rings. The third-order valence-corrected chi connectivity index (χ3v) is 6.52. The van der Waals surface area contributed by atoms with Gasteiger partial charge in [0, 0.05) is 11.4 Å². The van der Waals surface area contributed by atoms with Crippen molar-refractivity contribution in [2.45, 2.75) is 34.7 Å². The number of hydrogen-bond donors (Lipinski definition) is 1. The lowest BCUT2D eigenvalue weighted by atomic mass is 10.2. The van der Waals surface area contributed by atoms with Crippen molar-refractivity contribution in [3.63, 3.8) is 0 Å². The van der Waals surface area contributed by atoms with Gasteiger partial charge in [0.1, 0.15) is 0 Å². The molecule has 8 heteroatoms. The van der Waals surface area contributed by atoms with Crippen molar-refractivity contribution in [3.05, 3.63) is 29.8 Å². The summed E-state index contributed by atoms with van der Waals surface area (Å²) in [6.07, 6.45) is 0. The van der Waals surface area contributed by atoms with Crippen LogP contribution in [0.25, 0.3) is 0 Å². The molecule has 5 nitrogen and oxygen atoms in total. The molecule has 0 aliphatic heterocycles. The molecule has 2 aromatic rings. The summed E-state index contributed by atoms with van der Waals surface area (Å²) >= 11 is 4.62. The van der Waals surface area contributed by atoms with Gasteiger partial charge in [-0.3, -0.25) is 4.79 Å². The lowest BCUT2D eigenvalue weighted by Gasteiger charge is -2.10. The smallest absolute Gasteiger partial charge is 0.237 e. The molecule has 1 atom stereocenters. The minimum atomic E-state index is -0.281. The quantitative estimate of drug-likeness (QED) is 0.725. The van der Waals surface area contributed by atoms with Crippen LogP contribution < -0.4 is 5.32 Å². The average molecular weight is 379 g/mol. The van der Waals surface area contributed by atoms with Gasteiger partial charge in [0.05, 0.1) is 16.9 Å². The van der Waals surface area contributed by atoms with E-state index in [0.29, 0.717) is 17.2 Å². The van der Waals surface area contributed by atoms with Crippen molar-refractivity contribution in [1.82, 2.24) is 10.2 Å². The maximum Gasteiger partial charge on any atom is 0.237 e. The minimum Gasteiger partial charge on any atom is -0.325 e. The molecule has 2 rings (SSSR count). The zero-order valence-corrected chi connectivity index (χ0v) is 16.1. The van der Waals surface area contributed by atoms with E-state index in [4.69, 9.17) is 5.26 Å². The number of nitrogens with zero attached hydrogens (tertiary/aromatic N) is 3. The number of benzene rings is 1. The molecule has 0 bridgehead atoms. The number of aromatic nitrogens is 2. The van der Waals surface area contributed by atoms with Gasteiger partial charge in [-0.15, -0.1) is 10.2 Å². The van der Waals surface area contributed by atoms with Crippen LogP contribution in [0.2, 0.25) is 0 Å². The SMILES string of the molecule is CC(C)CSc1nnc(S[C@@H](C)C(=O)Nc2ccc(C#N)cc2)s1. The Bertz CT molecular complexity index is 722. The van der Waals surface area contributed by atoms with Crippen LogP contribution in [0, 0.1) is 17.2 Å². The Balaban J connectivity index is 1.88. The number of amides is 1. The minimum absolute atomic E-state index is 0.101. The summed E-state index contributed by atoms with van der Waals surface area (Å²) in [5.41, 5.74) is 1.24. The molecule has 1 aromatic heterocycles. The first-order valence-corrected chi connectivity index (χ1v) is 10.1. The summed E-state index contributed by atoms with van der Waals surface area (Å²) in [5.74, 6) is 1.51. The molecule has 0 aliphatic rings. The molecule has 126 valence electrons. The Morgan fingerprint density at radius 1 is 1.25 bits per heavy atom. The van der Waals surface area contributed by atoms with E-state index in [1.807, 2.05) is 13.0 Å². The van der Waals surface area contributed by atoms with Crippen molar-refractivity contribution in [3.8, 4) is 6.07 Å². The third-order valence-electron chi connectivity index (χ3n) is 2.86. The van der Waals surface area contributed by atoms with Crippen LogP contribution in [0.4, 0.5) is 5.69 Å². The van der Waals surface area contributed by atoms with E-state index in [0.717, 1.165) is 14.4 Å². The summed E-state index contributed by atoms with van der Waals surface area (Å²) in [6, 6.07) is 8.85. The van der Waals surface area contributed by atoms with Gasteiger partial charge in [-0.1, -0.05) is 48.7 Å². The van der Waals surface area contributed by atoms with E-state index < -0.39 is 0 Å². The van der Waals surface area contributed by atoms with E-state index in [1.165, 1.54) is 23.1 Å². The van der Waals surface area contributed by atoms with E-state index in [-0.39, 0.29) is 11.2 Å². The Morgan fingerprint density at radius 2 is 1.92 bits per heavy atom. The van der Waals surface area contributed by atoms with Crippen LogP contribution in [0.15, 0.2) is 32.9 Å². The summed E-state index contributed by atoms with van der Waals surface area (Å²) in [6.45, 7) is 6.17. The van der Waals surface area contributed by atoms with Crippen molar-refractivity contribution < 1.29 is 4.79 Å². The fourth-order valence-corrected chi connectivity index (χ4v) is 4.76. The number of hydrogen-bond acceptors (Lipinski definition) is 7. The van der Waals surface area contributed by atoms with Gasteiger partial charge in [-0.2, -0.15) is 5.26 Å². The van der Waals surface area contributed by atoms with Gasteiger partial charge < -0.3 is 5.32 Å². The molecule has 0 saturated carbocycles. The summed E-state index contributed by atoms with van der Waals surface area (Å²) in [4.78, 5) is 12.2. The van der Waals surface area contributed by atoms with Crippen LogP contribution in [-0.4, -0.2) is 27.1 Å². The molecule has 0 unspecified atom stereocenters. The number of carbonyl (C=O) groups is 1. The Morgan fingerprint density at radius 3 is 2.54 bits per heavy atom. The zero-order valence-electron chi connectivity index (χ0n) is 13.6. The highest BCUT2D eigenvalue weighted by atomic mass is 32.2. The van der Waals surface area contributed by atoms with Crippen molar-refractivity contribution >= 4 is 46.5 Å². The second-order valence-corrected chi connectivity index (χ2v) is 9.31. The van der Waals surface area contributed by atoms with Gasteiger partial charge >= 0.3 is 0 Å². The van der Waals surface area contributed by atoms with Crippen molar-refractivity contribution in [2.24, 2.45) is 5.92 Å². The monoisotopic (exact) mass is 378 g/mol. The summed E-state index contributed by atoms with van der Waals surface area (Å²) in [7, 11) is 0. The highest BCUT2D eigenvalue weighted by molar-refractivity contribution is 8.03. The Kier molecular flexibility index (Phi) is 7.09. The molecular formula is C16H18N4OS3. The molecule has 1 N–H and O–H groups in total. The van der Waals surface area contributed by atoms with Crippen LogP contribution >= 0.6 is 34.9 Å². The van der Waals surface area contributed by atoms with Crippen molar-refractivity contribution in [1.29, 1.82) is 5.26 Å². The molecular weight excluding hydrogens is 360 g/mol. The predicted molar refractivity (Wildman–Crippen MR) is 101 cm³/mol. The van der Waals surface area contributed by atoms with Crippen LogP contribution in [-0.2, 0) is 4.79 Å². The van der Waals surface area contributed by atoms with Crippen molar-refractivity contribution in [2.75, 3.05) is 11.1 Å². The molecule has 0 aliphatic carbocycles. The van der Waals surface area contributed by atoms with Gasteiger partial charge in [0.25, 0.3) is 0 Å². The second-order valence-electron chi connectivity index (χ2n) is 5.48. The summed E-state index contributed by atoms with van der Waals surface area (Å²) < 4.78 is 1.73. The van der Waals surface area contributed by atoms with Crippen LogP contribution in [0.1, 0.15) is 26.3 Å². The van der Waals surface area contributed by atoms with E-state index in [1.54, 1.807) is 36.0 Å². The maximum absolute atomic E-state index is 12.2. The summed E-state index contributed by atoms with van der Waals surface area (Å²) in [5, 5.41) is 19.6. The lowest BCUT2D eigenvalue weighted by molar-refractivity contribution is -0.115. The number of nitriles is 1. The number of thioether (sulfide) groups is 2. The molecule has 0 spiro atoms. The van der Waals surface area contributed by atoms with Gasteiger partial charge in [-0.25, -0.2) is 0 Å². The van der Waals surface area contributed by atoms with Gasteiger partial charge in [-0.05, 0) is 37.1 Å². The topological polar surface area (TPSA) is 78.7 Å². The Hall–Kier alpha value is -1.56. The van der Waals surface area contributed by atoms with E-state index in [2.05, 4.69) is 29.4 Å². The fourth-order valence-electron chi connectivity index (χ4n) is 1.62. The molecule has 24 heavy (non-hydrogen) atoms. The highest BCUT2D eigenvalue weighted by Gasteiger charge is 2.17. The number of nitrogens with one attached hydrogen (secondary N) is 1. The van der Waals surface area contributed by atoms with E-state index in [9.17, 15) is 4.79 Å². The molecule has 1 amide bonds. The number of carbonyl (C=O) groups excluding carboxylic acids is 1. The largest absolute Gasteiger partial charge is 0.325 e. The lowest BCUT2D eigenvalue weighted by Crippen LogP contribution is -2.22.